The highest BCUT2D eigenvalue weighted by atomic mass is 32.2. The maximum atomic E-state index is 8.44. The average molecular weight is 198 g/mol. The SMILES string of the molecule is O=S([O-])[O-].[NH3+]CCCCCC[NH3+]. The summed E-state index contributed by atoms with van der Waals surface area (Å²) in [4.78, 5) is 0. The molecule has 6 heteroatoms. The van der Waals surface area contributed by atoms with E-state index in [1.165, 1.54) is 25.7 Å². The fourth-order valence-corrected chi connectivity index (χ4v) is 0.707. The molecule has 0 radical (unpaired) electrons. The molecule has 0 aliphatic carbocycles. The summed E-state index contributed by atoms with van der Waals surface area (Å²) in [6.45, 7) is 2.19. The predicted molar refractivity (Wildman–Crippen MR) is 43.7 cm³/mol. The Labute approximate surface area is 75.6 Å². The molecule has 76 valence electrons. The van der Waals surface area contributed by atoms with Gasteiger partial charge in [-0.3, -0.25) is 4.21 Å². The fraction of sp³-hybridized carbons (Fsp3) is 1.00. The molecule has 0 aromatic rings. The van der Waals surface area contributed by atoms with Crippen LogP contribution < -0.4 is 11.5 Å². The van der Waals surface area contributed by atoms with Gasteiger partial charge in [0.15, 0.2) is 0 Å². The Morgan fingerprint density at radius 3 is 1.33 bits per heavy atom. The summed E-state index contributed by atoms with van der Waals surface area (Å²) in [5, 5.41) is 0. The lowest BCUT2D eigenvalue weighted by atomic mass is 10.2. The van der Waals surface area contributed by atoms with Gasteiger partial charge in [0.05, 0.1) is 13.1 Å². The lowest BCUT2D eigenvalue weighted by Crippen LogP contribution is -2.50. The summed E-state index contributed by atoms with van der Waals surface area (Å²) < 4.78 is 25.3. The molecule has 0 bridgehead atoms. The van der Waals surface area contributed by atoms with Gasteiger partial charge in [0.25, 0.3) is 0 Å². The van der Waals surface area contributed by atoms with Crippen LogP contribution in [0.25, 0.3) is 0 Å². The average Bonchev–Trinajstić information content (AvgIpc) is 1.97. The molecule has 0 aliphatic rings. The van der Waals surface area contributed by atoms with Crippen LogP contribution in [0.15, 0.2) is 0 Å². The van der Waals surface area contributed by atoms with Gasteiger partial charge in [0.1, 0.15) is 0 Å². The lowest BCUT2D eigenvalue weighted by molar-refractivity contribution is -0.371. The molecule has 5 nitrogen and oxygen atoms in total. The second-order valence-electron chi connectivity index (χ2n) is 2.33. The Morgan fingerprint density at radius 1 is 0.917 bits per heavy atom. The Balaban J connectivity index is 0. The van der Waals surface area contributed by atoms with Crippen molar-refractivity contribution in [3.63, 3.8) is 0 Å². The summed E-state index contributed by atoms with van der Waals surface area (Å²) in [5.74, 6) is 0. The summed E-state index contributed by atoms with van der Waals surface area (Å²) in [5.41, 5.74) is 7.54. The standard InChI is InChI=1S/C6H16N2.H2O3S/c7-5-3-1-2-4-6-8;1-4(2)3/h1-8H2;(H2,1,2,3). The van der Waals surface area contributed by atoms with Crippen molar-refractivity contribution >= 4 is 11.4 Å². The summed E-state index contributed by atoms with van der Waals surface area (Å²) >= 11 is -3.11. The molecule has 0 aromatic heterocycles. The van der Waals surface area contributed by atoms with Crippen LogP contribution in [0.4, 0.5) is 0 Å². The molecule has 0 unspecified atom stereocenters. The molecule has 0 heterocycles. The monoisotopic (exact) mass is 198 g/mol. The Hall–Kier alpha value is -0.0100. The van der Waals surface area contributed by atoms with E-state index in [1.807, 2.05) is 0 Å². The highest BCUT2D eigenvalue weighted by molar-refractivity contribution is 7.72. The van der Waals surface area contributed by atoms with E-state index in [1.54, 1.807) is 0 Å². The van der Waals surface area contributed by atoms with Crippen molar-refractivity contribution in [2.45, 2.75) is 25.7 Å². The van der Waals surface area contributed by atoms with Crippen LogP contribution in [0.5, 0.6) is 0 Å². The number of hydrogen-bond acceptors (Lipinski definition) is 3. The zero-order chi connectivity index (χ0) is 9.82. The van der Waals surface area contributed by atoms with Crippen molar-refractivity contribution in [1.29, 1.82) is 0 Å². The van der Waals surface area contributed by atoms with E-state index in [0.717, 1.165) is 13.1 Å². The normalized spacial score (nSPS) is 9.42. The maximum absolute atomic E-state index is 8.44. The van der Waals surface area contributed by atoms with Crippen LogP contribution >= 0.6 is 0 Å². The third-order valence-corrected chi connectivity index (χ3v) is 1.25. The van der Waals surface area contributed by atoms with Gasteiger partial charge in [-0.25, -0.2) is 0 Å². The van der Waals surface area contributed by atoms with Crippen LogP contribution in [0.1, 0.15) is 25.7 Å². The highest BCUT2D eigenvalue weighted by Gasteiger charge is 1.86. The smallest absolute Gasteiger partial charge is 0.0739 e. The summed E-state index contributed by atoms with van der Waals surface area (Å²) in [7, 11) is 0. The Kier molecular flexibility index (Phi) is 16.4. The molecule has 12 heavy (non-hydrogen) atoms. The van der Waals surface area contributed by atoms with E-state index in [-0.39, 0.29) is 0 Å². The maximum Gasteiger partial charge on any atom is 0.0739 e. The molecule has 0 atom stereocenters. The first-order chi connectivity index (χ1) is 5.65. The molecule has 0 fully saturated rings. The van der Waals surface area contributed by atoms with Gasteiger partial charge < -0.3 is 20.6 Å². The molecule has 0 spiro atoms. The van der Waals surface area contributed by atoms with Crippen molar-refractivity contribution < 1.29 is 24.8 Å². The van der Waals surface area contributed by atoms with Gasteiger partial charge in [-0.1, -0.05) is 0 Å². The van der Waals surface area contributed by atoms with E-state index in [2.05, 4.69) is 11.5 Å². The van der Waals surface area contributed by atoms with Crippen molar-refractivity contribution in [3.05, 3.63) is 0 Å². The van der Waals surface area contributed by atoms with Crippen molar-refractivity contribution in [3.8, 4) is 0 Å². The minimum Gasteiger partial charge on any atom is -0.784 e. The number of unbranched alkanes of at least 4 members (excludes halogenated alkanes) is 3. The van der Waals surface area contributed by atoms with E-state index in [9.17, 15) is 0 Å². The van der Waals surface area contributed by atoms with E-state index in [0.29, 0.717) is 0 Å². The van der Waals surface area contributed by atoms with Crippen LogP contribution in [0.2, 0.25) is 0 Å². The van der Waals surface area contributed by atoms with Crippen molar-refractivity contribution in [1.82, 2.24) is 0 Å². The lowest BCUT2D eigenvalue weighted by Gasteiger charge is -2.03. The van der Waals surface area contributed by atoms with Gasteiger partial charge in [0, 0.05) is 0 Å². The first-order valence-corrected chi connectivity index (χ1v) is 5.00. The number of rotatable bonds is 5. The minimum absolute atomic E-state index is 1.09. The molecule has 6 N–H and O–H groups in total. The molecule has 0 aromatic carbocycles. The van der Waals surface area contributed by atoms with Gasteiger partial charge in [-0.15, -0.1) is 11.4 Å². The van der Waals surface area contributed by atoms with Gasteiger partial charge in [0.2, 0.25) is 0 Å². The molecular formula is C6H18N2O3S. The third kappa shape index (κ3) is 32.4. The minimum atomic E-state index is -3.11. The van der Waals surface area contributed by atoms with Crippen LogP contribution in [-0.2, 0) is 11.4 Å². The Morgan fingerprint density at radius 2 is 1.17 bits per heavy atom. The number of quaternary nitrogens is 2. The van der Waals surface area contributed by atoms with E-state index >= 15 is 0 Å². The van der Waals surface area contributed by atoms with Crippen LogP contribution in [0, 0.1) is 0 Å². The zero-order valence-corrected chi connectivity index (χ0v) is 8.11. The molecule has 0 saturated heterocycles. The van der Waals surface area contributed by atoms with Crippen LogP contribution in [-0.4, -0.2) is 26.4 Å². The predicted octanol–water partition coefficient (Wildman–Crippen LogP) is -1.97. The highest BCUT2D eigenvalue weighted by Crippen LogP contribution is 1.94. The largest absolute Gasteiger partial charge is 0.784 e. The second kappa shape index (κ2) is 13.6. The topological polar surface area (TPSA) is 118 Å². The van der Waals surface area contributed by atoms with Crippen molar-refractivity contribution in [2.24, 2.45) is 0 Å². The van der Waals surface area contributed by atoms with Gasteiger partial charge in [-0.2, -0.15) is 0 Å². The van der Waals surface area contributed by atoms with Crippen LogP contribution in [0.3, 0.4) is 0 Å². The first-order valence-electron chi connectivity index (χ1n) is 4.00. The molecule has 0 saturated carbocycles. The third-order valence-electron chi connectivity index (χ3n) is 1.25. The van der Waals surface area contributed by atoms with Crippen molar-refractivity contribution in [2.75, 3.05) is 13.1 Å². The number of hydrogen-bond donors (Lipinski definition) is 2. The van der Waals surface area contributed by atoms with E-state index < -0.39 is 11.4 Å². The zero-order valence-electron chi connectivity index (χ0n) is 7.29. The molecule has 0 aliphatic heterocycles. The summed E-state index contributed by atoms with van der Waals surface area (Å²) in [6, 6.07) is 0. The molecule has 0 amide bonds. The first kappa shape index (κ1) is 14.5. The molecule has 0 rings (SSSR count). The Bertz CT molecular complexity index is 92.8. The summed E-state index contributed by atoms with van der Waals surface area (Å²) in [6.07, 6.45) is 5.28. The second-order valence-corrected chi connectivity index (χ2v) is 2.73. The fourth-order valence-electron chi connectivity index (χ4n) is 0.707. The quantitative estimate of drug-likeness (QED) is 0.394. The van der Waals surface area contributed by atoms with Gasteiger partial charge in [-0.05, 0) is 25.7 Å². The molecular weight excluding hydrogens is 180 g/mol. The van der Waals surface area contributed by atoms with E-state index in [4.69, 9.17) is 13.3 Å². The van der Waals surface area contributed by atoms with Gasteiger partial charge >= 0.3 is 0 Å².